The van der Waals surface area contributed by atoms with Crippen LogP contribution in [0.1, 0.15) is 26.7 Å². The average Bonchev–Trinajstić information content (AvgIpc) is 3.26. The zero-order valence-electron chi connectivity index (χ0n) is 21.9. The molecule has 5 rings (SSSR count). The molecule has 7 nitrogen and oxygen atoms in total. The van der Waals surface area contributed by atoms with Crippen molar-refractivity contribution in [1.29, 1.82) is 0 Å². The lowest BCUT2D eigenvalue weighted by Gasteiger charge is -2.24. The van der Waals surface area contributed by atoms with Crippen molar-refractivity contribution in [1.82, 2.24) is 4.57 Å². The monoisotopic (exact) mass is 541 g/mol. The van der Waals surface area contributed by atoms with Gasteiger partial charge in [-0.3, -0.25) is 14.4 Å². The number of carbonyl (C=O) groups is 3. The Morgan fingerprint density at radius 1 is 0.897 bits per heavy atom. The van der Waals surface area contributed by atoms with Gasteiger partial charge < -0.3 is 20.3 Å². The van der Waals surface area contributed by atoms with E-state index < -0.39 is 17.8 Å². The number of aromatic nitrogens is 1. The van der Waals surface area contributed by atoms with Crippen LogP contribution in [0.2, 0.25) is 0 Å². The number of thioether (sulfide) groups is 1. The lowest BCUT2D eigenvalue weighted by atomic mass is 9.82. The number of aryl methyl sites for hydroxylation is 1. The first-order chi connectivity index (χ1) is 18.9. The lowest BCUT2D eigenvalue weighted by molar-refractivity contribution is -0.146. The maximum absolute atomic E-state index is 13.1. The fourth-order valence-corrected chi connectivity index (χ4v) is 6.16. The van der Waals surface area contributed by atoms with Gasteiger partial charge in [0, 0.05) is 44.6 Å². The number of allylic oxidation sites excluding steroid dienone is 2. The number of carbonyl (C=O) groups excluding carboxylic acids is 2. The standard InChI is InChI=1S/C31H31N3O4S/c1-3-34-27-14-7-6-11-23(27)26-18-21(15-16-28(26)34)32-29(35)19(2)39-22-10-8-9-20(17-22)33-30(36)24-12-4-5-13-25(24)31(37)38/h4-11,14-19,24-25H,3,12-13H2,1-2H3,(H,32,35)(H,33,36)(H,37,38). The van der Waals surface area contributed by atoms with E-state index in [1.54, 1.807) is 6.07 Å². The average molecular weight is 542 g/mol. The summed E-state index contributed by atoms with van der Waals surface area (Å²) in [5, 5.41) is 17.3. The first-order valence-electron chi connectivity index (χ1n) is 13.1. The molecule has 2 amide bonds. The van der Waals surface area contributed by atoms with Crippen molar-refractivity contribution in [3.05, 3.63) is 78.9 Å². The molecule has 200 valence electrons. The van der Waals surface area contributed by atoms with Crippen molar-refractivity contribution < 1.29 is 19.5 Å². The highest BCUT2D eigenvalue weighted by Crippen LogP contribution is 2.32. The quantitative estimate of drug-likeness (QED) is 0.174. The summed E-state index contributed by atoms with van der Waals surface area (Å²) in [6.07, 6.45) is 4.42. The Morgan fingerprint density at radius 3 is 2.38 bits per heavy atom. The number of para-hydroxylation sites is 1. The maximum atomic E-state index is 13.1. The zero-order chi connectivity index (χ0) is 27.5. The van der Waals surface area contributed by atoms with Gasteiger partial charge in [0.2, 0.25) is 11.8 Å². The van der Waals surface area contributed by atoms with Gasteiger partial charge in [-0.05, 0) is 69.2 Å². The minimum absolute atomic E-state index is 0.119. The largest absolute Gasteiger partial charge is 0.481 e. The van der Waals surface area contributed by atoms with Gasteiger partial charge in [0.15, 0.2) is 0 Å². The van der Waals surface area contributed by atoms with Crippen LogP contribution in [0.15, 0.2) is 83.8 Å². The molecule has 1 heterocycles. The summed E-state index contributed by atoms with van der Waals surface area (Å²) in [7, 11) is 0. The first kappa shape index (κ1) is 26.6. The van der Waals surface area contributed by atoms with E-state index in [9.17, 15) is 19.5 Å². The summed E-state index contributed by atoms with van der Waals surface area (Å²) in [4.78, 5) is 38.3. The van der Waals surface area contributed by atoms with Crippen LogP contribution in [-0.4, -0.2) is 32.7 Å². The van der Waals surface area contributed by atoms with Gasteiger partial charge in [0.25, 0.3) is 0 Å². The number of aliphatic carboxylic acids is 1. The predicted octanol–water partition coefficient (Wildman–Crippen LogP) is 6.54. The second kappa shape index (κ2) is 11.4. The highest BCUT2D eigenvalue weighted by atomic mass is 32.2. The predicted molar refractivity (Wildman–Crippen MR) is 157 cm³/mol. The lowest BCUT2D eigenvalue weighted by Crippen LogP contribution is -2.34. The van der Waals surface area contributed by atoms with E-state index in [4.69, 9.17) is 0 Å². The van der Waals surface area contributed by atoms with Crippen LogP contribution in [0.25, 0.3) is 21.8 Å². The topological polar surface area (TPSA) is 100 Å². The smallest absolute Gasteiger partial charge is 0.307 e. The van der Waals surface area contributed by atoms with Crippen LogP contribution in [0.5, 0.6) is 0 Å². The van der Waals surface area contributed by atoms with Gasteiger partial charge >= 0.3 is 5.97 Å². The molecule has 1 aromatic heterocycles. The molecule has 0 spiro atoms. The summed E-state index contributed by atoms with van der Waals surface area (Å²) < 4.78 is 2.27. The Bertz CT molecular complexity index is 1590. The molecule has 1 aliphatic carbocycles. The van der Waals surface area contributed by atoms with Gasteiger partial charge in [0.1, 0.15) is 0 Å². The highest BCUT2D eigenvalue weighted by molar-refractivity contribution is 8.00. The SMILES string of the molecule is CCn1c2ccccc2c2cc(NC(=O)C(C)Sc3cccc(NC(=O)C4CC=CCC4C(=O)O)c3)ccc21. The summed E-state index contributed by atoms with van der Waals surface area (Å²) in [5.74, 6) is -2.73. The van der Waals surface area contributed by atoms with Gasteiger partial charge in [-0.1, -0.05) is 36.4 Å². The molecule has 3 atom stereocenters. The number of anilines is 2. The summed E-state index contributed by atoms with van der Waals surface area (Å²) in [6.45, 7) is 4.83. The van der Waals surface area contributed by atoms with Crippen molar-refractivity contribution in [2.75, 3.05) is 10.6 Å². The van der Waals surface area contributed by atoms with E-state index in [1.807, 2.05) is 61.5 Å². The minimum Gasteiger partial charge on any atom is -0.481 e. The van der Waals surface area contributed by atoms with Crippen LogP contribution in [0, 0.1) is 11.8 Å². The maximum Gasteiger partial charge on any atom is 0.307 e. The van der Waals surface area contributed by atoms with Crippen LogP contribution in [-0.2, 0) is 20.9 Å². The van der Waals surface area contributed by atoms with E-state index in [2.05, 4.69) is 40.3 Å². The Balaban J connectivity index is 1.26. The number of amides is 2. The molecule has 0 saturated carbocycles. The number of nitrogens with zero attached hydrogens (tertiary/aromatic N) is 1. The third-order valence-corrected chi connectivity index (χ3v) is 8.32. The number of carboxylic acid groups (broad SMARTS) is 1. The van der Waals surface area contributed by atoms with Crippen LogP contribution < -0.4 is 10.6 Å². The highest BCUT2D eigenvalue weighted by Gasteiger charge is 2.34. The number of hydrogen-bond acceptors (Lipinski definition) is 4. The van der Waals surface area contributed by atoms with Gasteiger partial charge in [0.05, 0.1) is 17.1 Å². The molecule has 4 aromatic rings. The molecular formula is C31H31N3O4S. The van der Waals surface area contributed by atoms with E-state index >= 15 is 0 Å². The van der Waals surface area contributed by atoms with Crippen molar-refractivity contribution in [3.63, 3.8) is 0 Å². The first-order valence-corrected chi connectivity index (χ1v) is 14.0. The molecule has 0 aliphatic heterocycles. The van der Waals surface area contributed by atoms with E-state index in [0.717, 1.165) is 33.4 Å². The molecule has 39 heavy (non-hydrogen) atoms. The van der Waals surface area contributed by atoms with E-state index in [1.165, 1.54) is 17.3 Å². The van der Waals surface area contributed by atoms with Crippen LogP contribution in [0.3, 0.4) is 0 Å². The Labute approximate surface area is 231 Å². The normalized spacial score (nSPS) is 17.7. The molecule has 0 bridgehead atoms. The number of rotatable bonds is 8. The third-order valence-electron chi connectivity index (χ3n) is 7.23. The van der Waals surface area contributed by atoms with Crippen molar-refractivity contribution in [2.24, 2.45) is 11.8 Å². The van der Waals surface area contributed by atoms with E-state index in [-0.39, 0.29) is 17.1 Å². The second-order valence-corrected chi connectivity index (χ2v) is 11.2. The Kier molecular flexibility index (Phi) is 7.74. The number of carboxylic acids is 1. The Hall–Kier alpha value is -4.04. The number of hydrogen-bond donors (Lipinski definition) is 3. The van der Waals surface area contributed by atoms with Crippen molar-refractivity contribution in [2.45, 2.75) is 43.4 Å². The summed E-state index contributed by atoms with van der Waals surface area (Å²) in [6, 6.07) is 21.6. The third kappa shape index (κ3) is 5.56. The molecule has 3 N–H and O–H groups in total. The van der Waals surface area contributed by atoms with Crippen LogP contribution in [0.4, 0.5) is 11.4 Å². The molecule has 3 aromatic carbocycles. The van der Waals surface area contributed by atoms with Gasteiger partial charge in [-0.15, -0.1) is 11.8 Å². The minimum atomic E-state index is -0.959. The molecule has 0 radical (unpaired) electrons. The van der Waals surface area contributed by atoms with Gasteiger partial charge in [-0.2, -0.15) is 0 Å². The fraction of sp³-hybridized carbons (Fsp3) is 0.258. The number of benzene rings is 3. The molecular weight excluding hydrogens is 510 g/mol. The molecule has 0 fully saturated rings. The van der Waals surface area contributed by atoms with E-state index in [0.29, 0.717) is 18.5 Å². The molecule has 8 heteroatoms. The number of nitrogens with one attached hydrogen (secondary N) is 2. The zero-order valence-corrected chi connectivity index (χ0v) is 22.7. The van der Waals surface area contributed by atoms with Crippen LogP contribution >= 0.6 is 11.8 Å². The molecule has 0 saturated heterocycles. The Morgan fingerprint density at radius 2 is 1.62 bits per heavy atom. The van der Waals surface area contributed by atoms with Crippen molar-refractivity contribution >= 4 is 62.7 Å². The summed E-state index contributed by atoms with van der Waals surface area (Å²) >= 11 is 1.39. The fourth-order valence-electron chi connectivity index (χ4n) is 5.23. The van der Waals surface area contributed by atoms with Gasteiger partial charge in [-0.25, -0.2) is 0 Å². The molecule has 1 aliphatic rings. The number of fused-ring (bicyclic) bond motifs is 3. The van der Waals surface area contributed by atoms with Crippen molar-refractivity contribution in [3.8, 4) is 0 Å². The molecule has 3 unspecified atom stereocenters. The summed E-state index contributed by atoms with van der Waals surface area (Å²) in [5.41, 5.74) is 3.63. The second-order valence-electron chi connectivity index (χ2n) is 9.75.